The summed E-state index contributed by atoms with van der Waals surface area (Å²) in [4.78, 5) is 16.5. The number of amides is 1. The molecule has 0 aliphatic heterocycles. The van der Waals surface area contributed by atoms with Gasteiger partial charge in [0.15, 0.2) is 0 Å². The van der Waals surface area contributed by atoms with Crippen molar-refractivity contribution >= 4 is 39.4 Å². The van der Waals surface area contributed by atoms with Crippen LogP contribution in [0.5, 0.6) is 0 Å². The van der Waals surface area contributed by atoms with E-state index in [1.807, 2.05) is 51.7 Å². The molecule has 0 fully saturated rings. The fourth-order valence-corrected chi connectivity index (χ4v) is 3.22. The van der Waals surface area contributed by atoms with Crippen LogP contribution in [-0.4, -0.2) is 31.8 Å². The van der Waals surface area contributed by atoms with E-state index in [1.54, 1.807) is 12.5 Å². The third kappa shape index (κ3) is 3.41. The van der Waals surface area contributed by atoms with Gasteiger partial charge in [-0.25, -0.2) is 4.98 Å². The van der Waals surface area contributed by atoms with Crippen LogP contribution in [0, 0.1) is 0 Å². The molecule has 132 valence electrons. The minimum Gasteiger partial charge on any atom is -0.354 e. The second kappa shape index (κ2) is 7.17. The highest BCUT2D eigenvalue weighted by Gasteiger charge is 2.07. The van der Waals surface area contributed by atoms with E-state index in [1.165, 1.54) is 0 Å². The lowest BCUT2D eigenvalue weighted by atomic mass is 10.2. The number of rotatable bonds is 6. The second-order valence-electron chi connectivity index (χ2n) is 6.10. The van der Waals surface area contributed by atoms with Crippen molar-refractivity contribution in [3.8, 4) is 0 Å². The first-order valence-corrected chi connectivity index (χ1v) is 8.86. The molecular formula is C19H18ClN5O. The van der Waals surface area contributed by atoms with Gasteiger partial charge in [-0.1, -0.05) is 23.7 Å². The van der Waals surface area contributed by atoms with Crippen molar-refractivity contribution in [2.75, 3.05) is 6.54 Å². The van der Waals surface area contributed by atoms with Gasteiger partial charge in [-0.15, -0.1) is 0 Å². The number of nitrogens with zero attached hydrogens (tertiary/aromatic N) is 4. The predicted octanol–water partition coefficient (Wildman–Crippen LogP) is 3.25. The second-order valence-corrected chi connectivity index (χ2v) is 6.53. The van der Waals surface area contributed by atoms with Gasteiger partial charge in [0.25, 0.3) is 0 Å². The highest BCUT2D eigenvalue weighted by atomic mass is 35.5. The molecule has 1 N–H and O–H groups in total. The highest BCUT2D eigenvalue weighted by Crippen LogP contribution is 2.19. The van der Waals surface area contributed by atoms with E-state index >= 15 is 0 Å². The maximum Gasteiger partial charge on any atom is 0.221 e. The summed E-state index contributed by atoms with van der Waals surface area (Å²) in [6.45, 7) is 1.79. The first-order chi connectivity index (χ1) is 12.7. The van der Waals surface area contributed by atoms with Gasteiger partial charge in [-0.05, 0) is 30.3 Å². The van der Waals surface area contributed by atoms with Gasteiger partial charge in [0.1, 0.15) is 0 Å². The minimum absolute atomic E-state index is 0.00651. The van der Waals surface area contributed by atoms with Crippen LogP contribution in [-0.2, 0) is 17.9 Å². The largest absolute Gasteiger partial charge is 0.354 e. The zero-order valence-electron chi connectivity index (χ0n) is 14.1. The summed E-state index contributed by atoms with van der Waals surface area (Å²) in [5.41, 5.74) is 3.01. The Labute approximate surface area is 155 Å². The number of para-hydroxylation sites is 2. The van der Waals surface area contributed by atoms with E-state index in [0.717, 1.165) is 21.9 Å². The summed E-state index contributed by atoms with van der Waals surface area (Å²) in [7, 11) is 0. The minimum atomic E-state index is 0.00651. The summed E-state index contributed by atoms with van der Waals surface area (Å²) in [6.07, 6.45) is 3.95. The highest BCUT2D eigenvalue weighted by molar-refractivity contribution is 6.31. The van der Waals surface area contributed by atoms with Crippen LogP contribution in [0.4, 0.5) is 0 Å². The Kier molecular flexibility index (Phi) is 4.58. The average molecular weight is 368 g/mol. The van der Waals surface area contributed by atoms with Gasteiger partial charge in [-0.3, -0.25) is 9.48 Å². The maximum absolute atomic E-state index is 12.1. The molecule has 4 rings (SSSR count). The molecule has 2 aromatic carbocycles. The molecule has 26 heavy (non-hydrogen) atoms. The molecule has 6 nitrogen and oxygen atoms in total. The molecule has 0 saturated carbocycles. The van der Waals surface area contributed by atoms with Crippen molar-refractivity contribution in [2.24, 2.45) is 0 Å². The Bertz CT molecular complexity index is 1070. The number of imidazole rings is 1. The van der Waals surface area contributed by atoms with Gasteiger partial charge in [0.05, 0.1) is 35.6 Å². The van der Waals surface area contributed by atoms with Crippen molar-refractivity contribution in [3.63, 3.8) is 0 Å². The number of halogens is 1. The average Bonchev–Trinajstić information content (AvgIpc) is 3.24. The first kappa shape index (κ1) is 16.6. The van der Waals surface area contributed by atoms with Gasteiger partial charge in [-0.2, -0.15) is 5.10 Å². The monoisotopic (exact) mass is 367 g/mol. The fraction of sp³-hybridized carbons (Fsp3) is 0.211. The third-order valence-electron chi connectivity index (χ3n) is 4.36. The van der Waals surface area contributed by atoms with Crippen molar-refractivity contribution < 1.29 is 4.79 Å². The molecule has 1 amide bonds. The van der Waals surface area contributed by atoms with E-state index in [0.29, 0.717) is 31.1 Å². The Hall–Kier alpha value is -2.86. The van der Waals surface area contributed by atoms with Gasteiger partial charge >= 0.3 is 0 Å². The van der Waals surface area contributed by atoms with Crippen LogP contribution in [0.1, 0.15) is 6.42 Å². The summed E-state index contributed by atoms with van der Waals surface area (Å²) in [5.74, 6) is 0.00651. The molecule has 4 aromatic rings. The number of nitrogens with one attached hydrogen (secondary N) is 1. The van der Waals surface area contributed by atoms with Crippen molar-refractivity contribution in [2.45, 2.75) is 19.5 Å². The topological polar surface area (TPSA) is 64.7 Å². The van der Waals surface area contributed by atoms with E-state index in [2.05, 4.69) is 15.4 Å². The molecule has 2 heterocycles. The van der Waals surface area contributed by atoms with Crippen molar-refractivity contribution in [1.29, 1.82) is 0 Å². The zero-order valence-corrected chi connectivity index (χ0v) is 14.9. The Morgan fingerprint density at radius 2 is 2.00 bits per heavy atom. The summed E-state index contributed by atoms with van der Waals surface area (Å²) in [6, 6.07) is 13.6. The molecule has 0 saturated heterocycles. The number of aryl methyl sites for hydroxylation is 1. The zero-order chi connectivity index (χ0) is 17.9. The number of benzene rings is 2. The lowest BCUT2D eigenvalue weighted by Crippen LogP contribution is -2.28. The smallest absolute Gasteiger partial charge is 0.221 e. The first-order valence-electron chi connectivity index (χ1n) is 8.48. The van der Waals surface area contributed by atoms with Crippen LogP contribution < -0.4 is 5.32 Å². The number of carbonyl (C=O) groups excluding carboxylic acids is 1. The SMILES string of the molecule is O=C(CCn1ncc2cc(Cl)ccc21)NCCn1cnc2ccccc21. The third-order valence-corrected chi connectivity index (χ3v) is 4.59. The Morgan fingerprint density at radius 1 is 1.12 bits per heavy atom. The fourth-order valence-electron chi connectivity index (χ4n) is 3.04. The van der Waals surface area contributed by atoms with Crippen LogP contribution in [0.2, 0.25) is 5.02 Å². The molecule has 7 heteroatoms. The Morgan fingerprint density at radius 3 is 2.92 bits per heavy atom. The predicted molar refractivity (Wildman–Crippen MR) is 102 cm³/mol. The number of hydrogen-bond donors (Lipinski definition) is 1. The normalized spacial score (nSPS) is 11.3. The van der Waals surface area contributed by atoms with Crippen LogP contribution in [0.3, 0.4) is 0 Å². The number of aromatic nitrogens is 4. The Balaban J connectivity index is 1.30. The number of hydrogen-bond acceptors (Lipinski definition) is 3. The number of carbonyl (C=O) groups is 1. The van der Waals surface area contributed by atoms with E-state index in [9.17, 15) is 4.79 Å². The lowest BCUT2D eigenvalue weighted by Gasteiger charge is -2.08. The van der Waals surface area contributed by atoms with Crippen molar-refractivity contribution in [3.05, 3.63) is 60.0 Å². The quantitative estimate of drug-likeness (QED) is 0.569. The van der Waals surface area contributed by atoms with E-state index in [-0.39, 0.29) is 5.91 Å². The maximum atomic E-state index is 12.1. The lowest BCUT2D eigenvalue weighted by molar-refractivity contribution is -0.121. The van der Waals surface area contributed by atoms with E-state index < -0.39 is 0 Å². The molecule has 0 spiro atoms. The molecule has 0 aliphatic carbocycles. The van der Waals surface area contributed by atoms with Crippen LogP contribution in [0.15, 0.2) is 55.0 Å². The van der Waals surface area contributed by atoms with E-state index in [4.69, 9.17) is 11.6 Å². The standard InChI is InChI=1S/C19H18ClN5O/c20-15-5-6-17-14(11-15)12-23-25(17)9-7-19(26)21-8-10-24-13-22-16-3-1-2-4-18(16)24/h1-6,11-13H,7-10H2,(H,21,26). The summed E-state index contributed by atoms with van der Waals surface area (Å²) < 4.78 is 3.87. The summed E-state index contributed by atoms with van der Waals surface area (Å²) >= 11 is 5.98. The van der Waals surface area contributed by atoms with Gasteiger partial charge < -0.3 is 9.88 Å². The van der Waals surface area contributed by atoms with Gasteiger partial charge in [0, 0.05) is 29.9 Å². The molecule has 0 radical (unpaired) electrons. The molecule has 0 aliphatic rings. The number of fused-ring (bicyclic) bond motifs is 2. The van der Waals surface area contributed by atoms with Gasteiger partial charge in [0.2, 0.25) is 5.91 Å². The molecule has 2 aromatic heterocycles. The molecule has 0 atom stereocenters. The molecule has 0 unspecified atom stereocenters. The molecular weight excluding hydrogens is 350 g/mol. The van der Waals surface area contributed by atoms with Crippen LogP contribution >= 0.6 is 11.6 Å². The molecule has 0 bridgehead atoms. The summed E-state index contributed by atoms with van der Waals surface area (Å²) in [5, 5.41) is 8.94. The van der Waals surface area contributed by atoms with Crippen LogP contribution in [0.25, 0.3) is 21.9 Å². The van der Waals surface area contributed by atoms with Crippen molar-refractivity contribution in [1.82, 2.24) is 24.6 Å².